The first-order chi connectivity index (χ1) is 7.69. The summed E-state index contributed by atoms with van der Waals surface area (Å²) in [5.74, 6) is 0.896. The second-order valence-corrected chi connectivity index (χ2v) is 4.04. The van der Waals surface area contributed by atoms with Gasteiger partial charge in [-0.2, -0.15) is 0 Å². The Morgan fingerprint density at radius 1 is 1.38 bits per heavy atom. The molecule has 1 heterocycles. The zero-order valence-corrected chi connectivity index (χ0v) is 10.1. The standard InChI is InChI=1S/C13H18N2O/c1-9-11(6-7-14)12-5-4-10(16-3)8-13(12)15(9)2/h4-5,8H,6-7,14H2,1-3H3. The van der Waals surface area contributed by atoms with E-state index in [0.717, 1.165) is 12.2 Å². The van der Waals surface area contributed by atoms with Crippen LogP contribution in [0.2, 0.25) is 0 Å². The van der Waals surface area contributed by atoms with Crippen LogP contribution in [0.5, 0.6) is 5.75 Å². The van der Waals surface area contributed by atoms with Gasteiger partial charge in [0.1, 0.15) is 5.75 Å². The third kappa shape index (κ3) is 1.57. The number of aryl methyl sites for hydroxylation is 1. The maximum atomic E-state index is 5.65. The van der Waals surface area contributed by atoms with E-state index in [4.69, 9.17) is 10.5 Å². The van der Waals surface area contributed by atoms with Crippen LogP contribution in [0.3, 0.4) is 0 Å². The zero-order valence-electron chi connectivity index (χ0n) is 10.1. The van der Waals surface area contributed by atoms with Crippen molar-refractivity contribution in [1.29, 1.82) is 0 Å². The summed E-state index contributed by atoms with van der Waals surface area (Å²) in [7, 11) is 3.77. The highest BCUT2D eigenvalue weighted by Gasteiger charge is 2.11. The van der Waals surface area contributed by atoms with Crippen molar-refractivity contribution in [1.82, 2.24) is 4.57 Å². The molecule has 0 unspecified atom stereocenters. The van der Waals surface area contributed by atoms with Gasteiger partial charge < -0.3 is 15.0 Å². The van der Waals surface area contributed by atoms with Gasteiger partial charge in [-0.1, -0.05) is 0 Å². The number of methoxy groups -OCH3 is 1. The highest BCUT2D eigenvalue weighted by Crippen LogP contribution is 2.28. The van der Waals surface area contributed by atoms with E-state index in [-0.39, 0.29) is 0 Å². The lowest BCUT2D eigenvalue weighted by Gasteiger charge is -2.01. The number of hydrogen-bond acceptors (Lipinski definition) is 2. The van der Waals surface area contributed by atoms with Crippen molar-refractivity contribution in [3.05, 3.63) is 29.5 Å². The molecule has 2 N–H and O–H groups in total. The summed E-state index contributed by atoms with van der Waals surface area (Å²) in [6.07, 6.45) is 0.926. The van der Waals surface area contributed by atoms with Crippen molar-refractivity contribution >= 4 is 10.9 Å². The van der Waals surface area contributed by atoms with Gasteiger partial charge in [0.2, 0.25) is 0 Å². The quantitative estimate of drug-likeness (QED) is 0.856. The fourth-order valence-electron chi connectivity index (χ4n) is 2.21. The van der Waals surface area contributed by atoms with Crippen LogP contribution >= 0.6 is 0 Å². The Morgan fingerprint density at radius 2 is 2.12 bits per heavy atom. The van der Waals surface area contributed by atoms with Crippen molar-refractivity contribution in [2.45, 2.75) is 13.3 Å². The maximum absolute atomic E-state index is 5.65. The largest absolute Gasteiger partial charge is 0.497 e. The third-order valence-corrected chi connectivity index (χ3v) is 3.23. The number of aromatic nitrogens is 1. The van der Waals surface area contributed by atoms with Crippen molar-refractivity contribution < 1.29 is 4.74 Å². The molecule has 86 valence electrons. The Bertz CT molecular complexity index is 514. The Balaban J connectivity index is 2.69. The lowest BCUT2D eigenvalue weighted by molar-refractivity contribution is 0.415. The average Bonchev–Trinajstić information content (AvgIpc) is 2.54. The van der Waals surface area contributed by atoms with E-state index in [2.05, 4.69) is 30.7 Å². The minimum absolute atomic E-state index is 0.686. The van der Waals surface area contributed by atoms with Crippen LogP contribution < -0.4 is 10.5 Å². The minimum atomic E-state index is 0.686. The molecule has 3 nitrogen and oxygen atoms in total. The summed E-state index contributed by atoms with van der Waals surface area (Å²) in [6.45, 7) is 2.82. The van der Waals surface area contributed by atoms with Crippen molar-refractivity contribution in [3.8, 4) is 5.75 Å². The average molecular weight is 218 g/mol. The zero-order chi connectivity index (χ0) is 11.7. The minimum Gasteiger partial charge on any atom is -0.497 e. The number of benzene rings is 1. The second-order valence-electron chi connectivity index (χ2n) is 4.04. The van der Waals surface area contributed by atoms with Crippen molar-refractivity contribution in [2.75, 3.05) is 13.7 Å². The fraction of sp³-hybridized carbons (Fsp3) is 0.385. The summed E-state index contributed by atoms with van der Waals surface area (Å²) < 4.78 is 7.45. The Morgan fingerprint density at radius 3 is 2.75 bits per heavy atom. The molecule has 0 saturated heterocycles. The van der Waals surface area contributed by atoms with Gasteiger partial charge in [-0.15, -0.1) is 0 Å². The molecule has 0 amide bonds. The van der Waals surface area contributed by atoms with Crippen LogP contribution in [-0.4, -0.2) is 18.2 Å². The van der Waals surface area contributed by atoms with E-state index >= 15 is 0 Å². The Labute approximate surface area is 95.8 Å². The molecule has 16 heavy (non-hydrogen) atoms. The van der Waals surface area contributed by atoms with Crippen LogP contribution in [0, 0.1) is 6.92 Å². The molecule has 0 radical (unpaired) electrons. The fourth-order valence-corrected chi connectivity index (χ4v) is 2.21. The molecule has 2 rings (SSSR count). The van der Waals surface area contributed by atoms with Crippen LogP contribution in [-0.2, 0) is 13.5 Å². The molecule has 0 atom stereocenters. The molecule has 0 spiro atoms. The lowest BCUT2D eigenvalue weighted by atomic mass is 10.1. The van der Waals surface area contributed by atoms with Crippen molar-refractivity contribution in [3.63, 3.8) is 0 Å². The highest BCUT2D eigenvalue weighted by atomic mass is 16.5. The summed E-state index contributed by atoms with van der Waals surface area (Å²) in [5, 5.41) is 1.28. The maximum Gasteiger partial charge on any atom is 0.120 e. The Hall–Kier alpha value is -1.48. The molecule has 0 aliphatic carbocycles. The van der Waals surface area contributed by atoms with Gasteiger partial charge >= 0.3 is 0 Å². The number of rotatable bonds is 3. The van der Waals surface area contributed by atoms with E-state index in [9.17, 15) is 0 Å². The SMILES string of the molecule is COc1ccc2c(CCN)c(C)n(C)c2c1. The molecule has 0 aliphatic rings. The predicted molar refractivity (Wildman–Crippen MR) is 67.0 cm³/mol. The molecular formula is C13H18N2O. The number of fused-ring (bicyclic) bond motifs is 1. The normalized spacial score (nSPS) is 11.0. The third-order valence-electron chi connectivity index (χ3n) is 3.23. The molecular weight excluding hydrogens is 200 g/mol. The summed E-state index contributed by atoms with van der Waals surface area (Å²) in [6, 6.07) is 6.19. The molecule has 0 bridgehead atoms. The topological polar surface area (TPSA) is 40.2 Å². The molecule has 3 heteroatoms. The predicted octanol–water partition coefficient (Wildman–Crippen LogP) is 2.00. The molecule has 2 aromatic rings. The van der Waals surface area contributed by atoms with E-state index in [1.54, 1.807) is 7.11 Å². The summed E-state index contributed by atoms with van der Waals surface area (Å²) in [4.78, 5) is 0. The smallest absolute Gasteiger partial charge is 0.120 e. The number of nitrogens with two attached hydrogens (primary N) is 1. The number of ether oxygens (including phenoxy) is 1. The van der Waals surface area contributed by atoms with Gasteiger partial charge in [0.15, 0.2) is 0 Å². The molecule has 1 aromatic carbocycles. The molecule has 0 fully saturated rings. The second kappa shape index (κ2) is 4.18. The molecule has 0 aliphatic heterocycles. The van der Waals surface area contributed by atoms with Gasteiger partial charge in [-0.25, -0.2) is 0 Å². The van der Waals surface area contributed by atoms with Crippen LogP contribution in [0.15, 0.2) is 18.2 Å². The lowest BCUT2D eigenvalue weighted by Crippen LogP contribution is -2.03. The highest BCUT2D eigenvalue weighted by molar-refractivity contribution is 5.86. The van der Waals surface area contributed by atoms with Gasteiger partial charge in [-0.05, 0) is 37.6 Å². The molecule has 1 aromatic heterocycles. The van der Waals surface area contributed by atoms with Crippen LogP contribution in [0.1, 0.15) is 11.3 Å². The van der Waals surface area contributed by atoms with Gasteiger partial charge in [-0.3, -0.25) is 0 Å². The first-order valence-corrected chi connectivity index (χ1v) is 5.51. The number of hydrogen-bond donors (Lipinski definition) is 1. The van der Waals surface area contributed by atoms with Crippen LogP contribution in [0.4, 0.5) is 0 Å². The van der Waals surface area contributed by atoms with E-state index in [1.165, 1.54) is 22.2 Å². The summed E-state index contributed by atoms with van der Waals surface area (Å²) in [5.41, 5.74) is 9.50. The molecule has 0 saturated carbocycles. The number of nitrogens with zero attached hydrogens (tertiary/aromatic N) is 1. The van der Waals surface area contributed by atoms with Crippen LogP contribution in [0.25, 0.3) is 10.9 Å². The monoisotopic (exact) mass is 218 g/mol. The van der Waals surface area contributed by atoms with Gasteiger partial charge in [0.25, 0.3) is 0 Å². The first kappa shape index (κ1) is 11.0. The van der Waals surface area contributed by atoms with Crippen molar-refractivity contribution in [2.24, 2.45) is 12.8 Å². The van der Waals surface area contributed by atoms with E-state index in [1.807, 2.05) is 6.07 Å². The van der Waals surface area contributed by atoms with Gasteiger partial charge in [0.05, 0.1) is 12.6 Å². The van der Waals surface area contributed by atoms with Gasteiger partial charge in [0, 0.05) is 24.2 Å². The Kier molecular flexibility index (Phi) is 2.88. The summed E-state index contributed by atoms with van der Waals surface area (Å²) >= 11 is 0. The van der Waals surface area contributed by atoms with E-state index < -0.39 is 0 Å². The first-order valence-electron chi connectivity index (χ1n) is 5.51. The van der Waals surface area contributed by atoms with E-state index in [0.29, 0.717) is 6.54 Å².